The maximum atomic E-state index is 9.49. The molecular formula is C9H14N2O. The first-order valence-corrected chi connectivity index (χ1v) is 3.80. The van der Waals surface area contributed by atoms with E-state index in [1.165, 1.54) is 0 Å². The highest BCUT2D eigenvalue weighted by atomic mass is 16.3. The fraction of sp³-hybridized carbons (Fsp3) is 0.333. The van der Waals surface area contributed by atoms with E-state index in [1.807, 2.05) is 20.8 Å². The lowest BCUT2D eigenvalue weighted by molar-refractivity contribution is 0.473. The van der Waals surface area contributed by atoms with E-state index in [1.54, 1.807) is 0 Å². The summed E-state index contributed by atoms with van der Waals surface area (Å²) in [6.07, 6.45) is 0. The molecule has 0 spiro atoms. The molecule has 0 amide bonds. The van der Waals surface area contributed by atoms with Crippen LogP contribution < -0.4 is 11.5 Å². The molecule has 0 bridgehead atoms. The Morgan fingerprint density at radius 1 is 0.833 bits per heavy atom. The minimum atomic E-state index is 0.107. The minimum absolute atomic E-state index is 0.107. The van der Waals surface area contributed by atoms with Gasteiger partial charge < -0.3 is 16.6 Å². The number of rotatable bonds is 0. The second-order valence-corrected chi connectivity index (χ2v) is 3.05. The summed E-state index contributed by atoms with van der Waals surface area (Å²) < 4.78 is 0. The van der Waals surface area contributed by atoms with Gasteiger partial charge in [0.25, 0.3) is 0 Å². The Balaban J connectivity index is 3.60. The number of phenols is 1. The summed E-state index contributed by atoms with van der Waals surface area (Å²) in [6, 6.07) is 0. The third kappa shape index (κ3) is 0.978. The van der Waals surface area contributed by atoms with E-state index >= 15 is 0 Å². The fourth-order valence-electron chi connectivity index (χ4n) is 1.19. The maximum Gasteiger partial charge on any atom is 0.143 e. The molecule has 0 atom stereocenters. The van der Waals surface area contributed by atoms with Gasteiger partial charge >= 0.3 is 0 Å². The Morgan fingerprint density at radius 2 is 1.33 bits per heavy atom. The van der Waals surface area contributed by atoms with Gasteiger partial charge in [-0.25, -0.2) is 0 Å². The van der Waals surface area contributed by atoms with Gasteiger partial charge in [-0.3, -0.25) is 0 Å². The highest BCUT2D eigenvalue weighted by Crippen LogP contribution is 2.35. The Hall–Kier alpha value is -1.38. The van der Waals surface area contributed by atoms with Gasteiger partial charge in [0.05, 0.1) is 11.4 Å². The molecule has 12 heavy (non-hydrogen) atoms. The van der Waals surface area contributed by atoms with E-state index in [0.717, 1.165) is 16.7 Å². The topological polar surface area (TPSA) is 72.3 Å². The van der Waals surface area contributed by atoms with Crippen molar-refractivity contribution in [2.45, 2.75) is 20.8 Å². The molecule has 0 fully saturated rings. The van der Waals surface area contributed by atoms with Crippen molar-refractivity contribution < 1.29 is 5.11 Å². The van der Waals surface area contributed by atoms with Gasteiger partial charge in [-0.05, 0) is 37.5 Å². The van der Waals surface area contributed by atoms with Gasteiger partial charge in [0.2, 0.25) is 0 Å². The number of nitrogen functional groups attached to an aromatic ring is 2. The van der Waals surface area contributed by atoms with E-state index in [9.17, 15) is 5.11 Å². The summed E-state index contributed by atoms with van der Waals surface area (Å²) in [6.45, 7) is 5.64. The molecule has 0 saturated heterocycles. The molecule has 0 aliphatic heterocycles. The van der Waals surface area contributed by atoms with Crippen LogP contribution in [0.3, 0.4) is 0 Å². The van der Waals surface area contributed by atoms with E-state index in [4.69, 9.17) is 11.5 Å². The summed E-state index contributed by atoms with van der Waals surface area (Å²) >= 11 is 0. The van der Waals surface area contributed by atoms with Gasteiger partial charge in [-0.2, -0.15) is 0 Å². The summed E-state index contributed by atoms with van der Waals surface area (Å²) in [5.74, 6) is 0.107. The lowest BCUT2D eigenvalue weighted by Gasteiger charge is -2.13. The number of benzene rings is 1. The molecule has 1 aromatic carbocycles. The number of anilines is 2. The van der Waals surface area contributed by atoms with Crippen molar-refractivity contribution in [1.82, 2.24) is 0 Å². The van der Waals surface area contributed by atoms with Crippen molar-refractivity contribution in [2.75, 3.05) is 11.5 Å². The highest BCUT2D eigenvalue weighted by molar-refractivity contribution is 5.77. The number of aromatic hydroxyl groups is 1. The summed E-state index contributed by atoms with van der Waals surface area (Å²) in [4.78, 5) is 0. The molecule has 1 rings (SSSR count). The Labute approximate surface area is 72.0 Å². The van der Waals surface area contributed by atoms with Crippen molar-refractivity contribution in [2.24, 2.45) is 0 Å². The average Bonchev–Trinajstić information content (AvgIpc) is 2.08. The molecule has 0 aliphatic rings. The third-order valence-corrected chi connectivity index (χ3v) is 2.43. The molecule has 0 heterocycles. The molecule has 66 valence electrons. The molecule has 5 N–H and O–H groups in total. The summed E-state index contributed by atoms with van der Waals surface area (Å²) in [7, 11) is 0. The Bertz CT molecular complexity index is 227. The van der Waals surface area contributed by atoms with Crippen LogP contribution in [0.25, 0.3) is 0 Å². The zero-order valence-electron chi connectivity index (χ0n) is 7.60. The molecule has 0 saturated carbocycles. The molecule has 0 unspecified atom stereocenters. The molecular weight excluding hydrogens is 152 g/mol. The second-order valence-electron chi connectivity index (χ2n) is 3.05. The quantitative estimate of drug-likeness (QED) is 0.404. The van der Waals surface area contributed by atoms with Crippen LogP contribution in [-0.4, -0.2) is 5.11 Å². The number of hydrogen-bond acceptors (Lipinski definition) is 3. The van der Waals surface area contributed by atoms with Crippen LogP contribution in [0.1, 0.15) is 16.7 Å². The van der Waals surface area contributed by atoms with Crippen molar-refractivity contribution in [1.29, 1.82) is 0 Å². The zero-order valence-corrected chi connectivity index (χ0v) is 7.60. The smallest absolute Gasteiger partial charge is 0.143 e. The first kappa shape index (κ1) is 8.71. The minimum Gasteiger partial charge on any atom is -0.505 e. The summed E-state index contributed by atoms with van der Waals surface area (Å²) in [5, 5.41) is 9.49. The normalized spacial score (nSPS) is 10.2. The van der Waals surface area contributed by atoms with Crippen molar-refractivity contribution in [3.8, 4) is 5.75 Å². The molecule has 0 radical (unpaired) electrons. The van der Waals surface area contributed by atoms with Crippen LogP contribution in [0, 0.1) is 20.8 Å². The van der Waals surface area contributed by atoms with Crippen LogP contribution in [-0.2, 0) is 0 Å². The van der Waals surface area contributed by atoms with E-state index < -0.39 is 0 Å². The number of hydrogen-bond donors (Lipinski definition) is 3. The van der Waals surface area contributed by atoms with Crippen LogP contribution in [0.15, 0.2) is 0 Å². The first-order valence-electron chi connectivity index (χ1n) is 3.80. The maximum absolute atomic E-state index is 9.49. The number of nitrogens with two attached hydrogens (primary N) is 2. The van der Waals surface area contributed by atoms with E-state index in [-0.39, 0.29) is 11.4 Å². The molecule has 1 aromatic rings. The largest absolute Gasteiger partial charge is 0.505 e. The Morgan fingerprint density at radius 3 is 1.83 bits per heavy atom. The predicted molar refractivity (Wildman–Crippen MR) is 51.1 cm³/mol. The van der Waals surface area contributed by atoms with Crippen LogP contribution >= 0.6 is 0 Å². The predicted octanol–water partition coefficient (Wildman–Crippen LogP) is 1.48. The van der Waals surface area contributed by atoms with Crippen molar-refractivity contribution in [3.63, 3.8) is 0 Å². The van der Waals surface area contributed by atoms with E-state index in [2.05, 4.69) is 0 Å². The number of phenolic OH excluding ortho intramolecular Hbond substituents is 1. The van der Waals surface area contributed by atoms with Crippen LogP contribution in [0.2, 0.25) is 0 Å². The lowest BCUT2D eigenvalue weighted by Crippen LogP contribution is -2.01. The molecule has 0 aliphatic carbocycles. The second kappa shape index (κ2) is 2.59. The van der Waals surface area contributed by atoms with Crippen LogP contribution in [0.5, 0.6) is 5.75 Å². The van der Waals surface area contributed by atoms with Gasteiger partial charge in [0.15, 0.2) is 0 Å². The lowest BCUT2D eigenvalue weighted by atomic mass is 10.00. The highest BCUT2D eigenvalue weighted by Gasteiger charge is 2.11. The standard InChI is InChI=1S/C9H14N2O/c1-4-5(2)7(10)8(11)9(12)6(4)3/h12H,10-11H2,1-3H3. The van der Waals surface area contributed by atoms with Crippen molar-refractivity contribution in [3.05, 3.63) is 16.7 Å². The zero-order chi connectivity index (χ0) is 9.46. The molecule has 0 aromatic heterocycles. The summed E-state index contributed by atoms with van der Waals surface area (Å²) in [5.41, 5.74) is 14.8. The Kier molecular flexibility index (Phi) is 1.88. The van der Waals surface area contributed by atoms with Gasteiger partial charge in [-0.1, -0.05) is 0 Å². The van der Waals surface area contributed by atoms with E-state index in [0.29, 0.717) is 5.69 Å². The van der Waals surface area contributed by atoms with Gasteiger partial charge in [0.1, 0.15) is 5.75 Å². The molecule has 3 heteroatoms. The average molecular weight is 166 g/mol. The first-order chi connectivity index (χ1) is 5.46. The molecule has 3 nitrogen and oxygen atoms in total. The monoisotopic (exact) mass is 166 g/mol. The SMILES string of the molecule is Cc1c(C)c(N)c(N)c(O)c1C. The fourth-order valence-corrected chi connectivity index (χ4v) is 1.19. The third-order valence-electron chi connectivity index (χ3n) is 2.43. The van der Waals surface area contributed by atoms with Gasteiger partial charge in [-0.15, -0.1) is 0 Å². The van der Waals surface area contributed by atoms with Crippen LogP contribution in [0.4, 0.5) is 11.4 Å². The van der Waals surface area contributed by atoms with Crippen molar-refractivity contribution >= 4 is 11.4 Å². The van der Waals surface area contributed by atoms with Gasteiger partial charge in [0, 0.05) is 0 Å².